The fourth-order valence-corrected chi connectivity index (χ4v) is 5.66. The third-order valence-corrected chi connectivity index (χ3v) is 7.13. The molecule has 1 spiro atoms. The van der Waals surface area contributed by atoms with Gasteiger partial charge in [0.15, 0.2) is 5.60 Å². The standard InChI is InChI=1S/C22H21N3O3S/c23-12-16-13-29-14-17(16)18-6-7-19-25(18)21(27)22(28-19)8-10-24(11-9-22)20(26)15-4-2-1-3-5-15/h1-5,13-14,18-19H,6-11H2. The second kappa shape index (κ2) is 6.97. The van der Waals surface area contributed by atoms with Gasteiger partial charge in [-0.15, -0.1) is 0 Å². The van der Waals surface area contributed by atoms with Crippen molar-refractivity contribution in [1.82, 2.24) is 9.80 Å². The fourth-order valence-electron chi connectivity index (χ4n) is 4.84. The first-order valence-electron chi connectivity index (χ1n) is 9.94. The van der Waals surface area contributed by atoms with E-state index in [1.54, 1.807) is 0 Å². The number of piperidine rings is 1. The predicted octanol–water partition coefficient (Wildman–Crippen LogP) is 3.31. The first-order chi connectivity index (χ1) is 14.1. The molecule has 29 heavy (non-hydrogen) atoms. The molecule has 4 heterocycles. The van der Waals surface area contributed by atoms with Gasteiger partial charge in [-0.3, -0.25) is 9.59 Å². The lowest BCUT2D eigenvalue weighted by Gasteiger charge is -2.37. The maximum Gasteiger partial charge on any atom is 0.257 e. The summed E-state index contributed by atoms with van der Waals surface area (Å²) in [5.74, 6) is 0.0214. The summed E-state index contributed by atoms with van der Waals surface area (Å²) in [5.41, 5.74) is 1.42. The minimum atomic E-state index is -0.834. The number of carbonyl (C=O) groups is 2. The molecule has 0 saturated carbocycles. The van der Waals surface area contributed by atoms with E-state index < -0.39 is 5.60 Å². The molecule has 1 aromatic carbocycles. The maximum atomic E-state index is 13.4. The molecule has 0 aliphatic carbocycles. The van der Waals surface area contributed by atoms with E-state index in [0.29, 0.717) is 37.1 Å². The van der Waals surface area contributed by atoms with Gasteiger partial charge in [0, 0.05) is 42.4 Å². The highest BCUT2D eigenvalue weighted by Gasteiger charge is 2.58. The molecule has 2 atom stereocenters. The quantitative estimate of drug-likeness (QED) is 0.766. The summed E-state index contributed by atoms with van der Waals surface area (Å²) in [5, 5.41) is 13.2. The highest BCUT2D eigenvalue weighted by molar-refractivity contribution is 7.08. The van der Waals surface area contributed by atoms with Gasteiger partial charge in [-0.25, -0.2) is 0 Å². The number of carbonyl (C=O) groups excluding carboxylic acids is 2. The van der Waals surface area contributed by atoms with Crippen LogP contribution in [0.5, 0.6) is 0 Å². The van der Waals surface area contributed by atoms with E-state index in [9.17, 15) is 14.9 Å². The van der Waals surface area contributed by atoms with Crippen LogP contribution in [0.4, 0.5) is 0 Å². The van der Waals surface area contributed by atoms with Crippen LogP contribution in [0, 0.1) is 11.3 Å². The van der Waals surface area contributed by atoms with Crippen molar-refractivity contribution in [3.63, 3.8) is 0 Å². The van der Waals surface area contributed by atoms with Crippen molar-refractivity contribution in [2.45, 2.75) is 43.6 Å². The van der Waals surface area contributed by atoms with Crippen molar-refractivity contribution >= 4 is 23.2 Å². The molecule has 7 heteroatoms. The minimum absolute atomic E-state index is 0.00112. The van der Waals surface area contributed by atoms with Crippen molar-refractivity contribution < 1.29 is 14.3 Å². The summed E-state index contributed by atoms with van der Waals surface area (Å²) in [6, 6.07) is 11.4. The zero-order chi connectivity index (χ0) is 20.0. The molecule has 0 N–H and O–H groups in total. The van der Waals surface area contributed by atoms with Crippen LogP contribution in [0.3, 0.4) is 0 Å². The van der Waals surface area contributed by atoms with Gasteiger partial charge in [0.1, 0.15) is 12.3 Å². The average Bonchev–Trinajstić information content (AvgIpc) is 3.45. The van der Waals surface area contributed by atoms with E-state index in [1.807, 2.05) is 50.9 Å². The Morgan fingerprint density at radius 3 is 2.66 bits per heavy atom. The Morgan fingerprint density at radius 2 is 1.93 bits per heavy atom. The Bertz CT molecular complexity index is 988. The zero-order valence-corrected chi connectivity index (χ0v) is 16.7. The van der Waals surface area contributed by atoms with E-state index >= 15 is 0 Å². The van der Waals surface area contributed by atoms with E-state index in [1.165, 1.54) is 11.3 Å². The summed E-state index contributed by atoms with van der Waals surface area (Å²) in [6.07, 6.45) is 2.40. The molecule has 5 rings (SSSR count). The topological polar surface area (TPSA) is 73.6 Å². The number of fused-ring (bicyclic) bond motifs is 1. The van der Waals surface area contributed by atoms with Gasteiger partial charge in [-0.05, 0) is 30.4 Å². The molecule has 1 aromatic heterocycles. The van der Waals surface area contributed by atoms with Crippen LogP contribution in [0.1, 0.15) is 53.2 Å². The van der Waals surface area contributed by atoms with E-state index in [0.717, 1.165) is 18.4 Å². The smallest absolute Gasteiger partial charge is 0.257 e. The van der Waals surface area contributed by atoms with Crippen molar-refractivity contribution in [3.8, 4) is 6.07 Å². The summed E-state index contributed by atoms with van der Waals surface area (Å²) in [6.45, 7) is 1.01. The summed E-state index contributed by atoms with van der Waals surface area (Å²) >= 11 is 1.50. The van der Waals surface area contributed by atoms with Crippen LogP contribution >= 0.6 is 11.3 Å². The Kier molecular flexibility index (Phi) is 4.41. The van der Waals surface area contributed by atoms with Gasteiger partial charge in [-0.1, -0.05) is 18.2 Å². The molecular weight excluding hydrogens is 386 g/mol. The molecule has 0 radical (unpaired) electrons. The first-order valence-corrected chi connectivity index (χ1v) is 10.9. The molecule has 2 aromatic rings. The largest absolute Gasteiger partial charge is 0.342 e. The molecule has 3 fully saturated rings. The predicted molar refractivity (Wildman–Crippen MR) is 107 cm³/mol. The summed E-state index contributed by atoms with van der Waals surface area (Å²) < 4.78 is 6.32. The second-order valence-corrected chi connectivity index (χ2v) is 8.63. The van der Waals surface area contributed by atoms with E-state index in [4.69, 9.17) is 4.74 Å². The van der Waals surface area contributed by atoms with Crippen LogP contribution in [-0.2, 0) is 9.53 Å². The second-order valence-electron chi connectivity index (χ2n) is 7.88. The number of ether oxygens (including phenoxy) is 1. The Balaban J connectivity index is 1.32. The van der Waals surface area contributed by atoms with Crippen molar-refractivity contribution in [3.05, 3.63) is 57.8 Å². The summed E-state index contributed by atoms with van der Waals surface area (Å²) in [4.78, 5) is 29.8. The molecule has 3 saturated heterocycles. The number of rotatable bonds is 2. The zero-order valence-electron chi connectivity index (χ0n) is 15.9. The lowest BCUT2D eigenvalue weighted by Crippen LogP contribution is -2.51. The van der Waals surface area contributed by atoms with Gasteiger partial charge >= 0.3 is 0 Å². The average molecular weight is 407 g/mol. The number of nitriles is 1. The molecule has 2 unspecified atom stereocenters. The van der Waals surface area contributed by atoms with E-state index in [-0.39, 0.29) is 24.1 Å². The van der Waals surface area contributed by atoms with Gasteiger partial charge in [-0.2, -0.15) is 16.6 Å². The normalized spacial score (nSPS) is 25.3. The lowest BCUT2D eigenvalue weighted by atomic mass is 9.89. The number of hydrogen-bond acceptors (Lipinski definition) is 5. The van der Waals surface area contributed by atoms with Crippen molar-refractivity contribution in [2.75, 3.05) is 13.1 Å². The summed E-state index contributed by atoms with van der Waals surface area (Å²) in [7, 11) is 0. The molecule has 3 aliphatic rings. The fraction of sp³-hybridized carbons (Fsp3) is 0.409. The molecule has 0 bridgehead atoms. The van der Waals surface area contributed by atoms with Crippen LogP contribution in [0.25, 0.3) is 0 Å². The van der Waals surface area contributed by atoms with Crippen molar-refractivity contribution in [2.24, 2.45) is 0 Å². The number of hydrogen-bond donors (Lipinski definition) is 0. The number of benzene rings is 1. The molecule has 6 nitrogen and oxygen atoms in total. The van der Waals surface area contributed by atoms with Gasteiger partial charge in [0.05, 0.1) is 11.6 Å². The highest BCUT2D eigenvalue weighted by Crippen LogP contribution is 2.48. The lowest BCUT2D eigenvalue weighted by molar-refractivity contribution is -0.142. The van der Waals surface area contributed by atoms with Crippen LogP contribution < -0.4 is 0 Å². The van der Waals surface area contributed by atoms with Gasteiger partial charge in [0.2, 0.25) is 0 Å². The number of thiophene rings is 1. The minimum Gasteiger partial charge on any atom is -0.342 e. The molecule has 3 aliphatic heterocycles. The first kappa shape index (κ1) is 18.3. The van der Waals surface area contributed by atoms with Gasteiger partial charge < -0.3 is 14.5 Å². The Morgan fingerprint density at radius 1 is 1.17 bits per heavy atom. The SMILES string of the molecule is N#Cc1cscc1C1CCC2OC3(CCN(C(=O)c4ccccc4)CC3)C(=O)N21. The third kappa shape index (κ3) is 2.86. The number of amides is 2. The van der Waals surface area contributed by atoms with E-state index in [2.05, 4.69) is 6.07 Å². The molecule has 148 valence electrons. The van der Waals surface area contributed by atoms with Crippen LogP contribution in [0.15, 0.2) is 41.1 Å². The van der Waals surface area contributed by atoms with Crippen molar-refractivity contribution in [1.29, 1.82) is 5.26 Å². The monoisotopic (exact) mass is 407 g/mol. The Hall–Kier alpha value is -2.69. The highest BCUT2D eigenvalue weighted by atomic mass is 32.1. The maximum absolute atomic E-state index is 13.4. The number of nitrogens with zero attached hydrogens (tertiary/aromatic N) is 3. The third-order valence-electron chi connectivity index (χ3n) is 6.37. The van der Waals surface area contributed by atoms with Crippen LogP contribution in [-0.4, -0.2) is 46.5 Å². The Labute approximate surface area is 173 Å². The number of likely N-dealkylation sites (tertiary alicyclic amines) is 1. The molecular formula is C22H21N3O3S. The van der Waals surface area contributed by atoms with Crippen LogP contribution in [0.2, 0.25) is 0 Å². The molecule has 2 amide bonds. The van der Waals surface area contributed by atoms with Gasteiger partial charge in [0.25, 0.3) is 11.8 Å².